The predicted molar refractivity (Wildman–Crippen MR) is 65.9 cm³/mol. The molecule has 0 saturated heterocycles. The van der Waals surface area contributed by atoms with E-state index in [4.69, 9.17) is 5.11 Å². The molecule has 2 rings (SSSR count). The number of allylic oxidation sites excluding steroid dienone is 2. The van der Waals surface area contributed by atoms with Crippen molar-refractivity contribution in [1.29, 1.82) is 0 Å². The number of carboxylic acids is 1. The average Bonchev–Trinajstić information content (AvgIpc) is 2.81. The van der Waals surface area contributed by atoms with Gasteiger partial charge in [0.25, 0.3) is 0 Å². The van der Waals surface area contributed by atoms with Gasteiger partial charge in [-0.25, -0.2) is 0 Å². The third kappa shape index (κ3) is 2.88. The van der Waals surface area contributed by atoms with Gasteiger partial charge in [-0.2, -0.15) is 0 Å². The topological polar surface area (TPSA) is 78.8 Å². The van der Waals surface area contributed by atoms with E-state index in [9.17, 15) is 9.59 Å². The summed E-state index contributed by atoms with van der Waals surface area (Å²) < 4.78 is 0. The molecular weight excluding hydrogens is 240 g/mol. The van der Waals surface area contributed by atoms with Gasteiger partial charge in [-0.1, -0.05) is 23.9 Å². The van der Waals surface area contributed by atoms with Crippen LogP contribution in [0, 0.1) is 11.8 Å². The lowest BCUT2D eigenvalue weighted by Gasteiger charge is -2.23. The third-order valence-electron chi connectivity index (χ3n) is 2.90. The minimum atomic E-state index is -0.907. The lowest BCUT2D eigenvalue weighted by molar-refractivity contribution is -0.147. The van der Waals surface area contributed by atoms with Gasteiger partial charge in [0, 0.05) is 5.75 Å². The highest BCUT2D eigenvalue weighted by molar-refractivity contribution is 8.14. The van der Waals surface area contributed by atoms with Crippen molar-refractivity contribution in [3.8, 4) is 0 Å². The minimum Gasteiger partial charge on any atom is -0.481 e. The summed E-state index contributed by atoms with van der Waals surface area (Å²) in [4.78, 5) is 27.1. The van der Waals surface area contributed by atoms with Gasteiger partial charge in [-0.3, -0.25) is 14.6 Å². The van der Waals surface area contributed by atoms with Crippen molar-refractivity contribution in [1.82, 2.24) is 5.32 Å². The molecule has 0 radical (unpaired) electrons. The van der Waals surface area contributed by atoms with E-state index in [0.29, 0.717) is 24.6 Å². The Hall–Kier alpha value is -1.30. The Labute approximate surface area is 103 Å². The summed E-state index contributed by atoms with van der Waals surface area (Å²) in [7, 11) is 0. The summed E-state index contributed by atoms with van der Waals surface area (Å²) in [6.45, 7) is 0.715. The second-order valence-electron chi connectivity index (χ2n) is 4.02. The van der Waals surface area contributed by atoms with Crippen LogP contribution in [-0.2, 0) is 9.59 Å². The van der Waals surface area contributed by atoms with Crippen LogP contribution >= 0.6 is 11.8 Å². The molecule has 1 heterocycles. The van der Waals surface area contributed by atoms with Crippen LogP contribution in [0.2, 0.25) is 0 Å². The van der Waals surface area contributed by atoms with Gasteiger partial charge in [0.1, 0.15) is 0 Å². The summed E-state index contributed by atoms with van der Waals surface area (Å²) in [5.41, 5.74) is 0. The highest BCUT2D eigenvalue weighted by atomic mass is 32.2. The van der Waals surface area contributed by atoms with Crippen molar-refractivity contribution in [3.63, 3.8) is 0 Å². The summed E-state index contributed by atoms with van der Waals surface area (Å²) in [6.07, 6.45) is 4.60. The summed E-state index contributed by atoms with van der Waals surface area (Å²) in [5, 5.41) is 12.4. The number of carboxylic acid groups (broad SMARTS) is 1. The highest BCUT2D eigenvalue weighted by Gasteiger charge is 2.34. The Kier molecular flexibility index (Phi) is 3.83. The van der Waals surface area contributed by atoms with E-state index in [0.717, 1.165) is 5.75 Å². The van der Waals surface area contributed by atoms with Crippen LogP contribution in [0.4, 0.5) is 0 Å². The zero-order chi connectivity index (χ0) is 12.3. The zero-order valence-electron chi connectivity index (χ0n) is 9.26. The SMILES string of the molecule is O=C(NC1=NCCS1)[C@H]1CC=CC[C@H]1C(=O)O. The first kappa shape index (κ1) is 12.2. The van der Waals surface area contributed by atoms with E-state index in [1.807, 2.05) is 12.2 Å². The quantitative estimate of drug-likeness (QED) is 0.717. The molecule has 0 aromatic carbocycles. The number of hydrogen-bond donors (Lipinski definition) is 2. The maximum absolute atomic E-state index is 12.0. The van der Waals surface area contributed by atoms with Gasteiger partial charge in [0.05, 0.1) is 18.4 Å². The lowest BCUT2D eigenvalue weighted by Crippen LogP contribution is -2.40. The zero-order valence-corrected chi connectivity index (χ0v) is 10.1. The molecule has 0 fully saturated rings. The maximum Gasteiger partial charge on any atom is 0.307 e. The normalized spacial score (nSPS) is 27.6. The van der Waals surface area contributed by atoms with Crippen molar-refractivity contribution < 1.29 is 14.7 Å². The van der Waals surface area contributed by atoms with Crippen molar-refractivity contribution in [2.75, 3.05) is 12.3 Å². The first-order valence-electron chi connectivity index (χ1n) is 5.54. The number of amidine groups is 1. The molecule has 2 N–H and O–H groups in total. The molecule has 1 aliphatic heterocycles. The number of rotatable bonds is 2. The summed E-state index contributed by atoms with van der Waals surface area (Å²) in [5.74, 6) is -1.36. The average molecular weight is 254 g/mol. The summed E-state index contributed by atoms with van der Waals surface area (Å²) in [6, 6.07) is 0. The molecule has 2 aliphatic rings. The van der Waals surface area contributed by atoms with Crippen LogP contribution < -0.4 is 5.32 Å². The van der Waals surface area contributed by atoms with Gasteiger partial charge in [-0.05, 0) is 12.8 Å². The minimum absolute atomic E-state index is 0.227. The molecule has 6 heteroatoms. The first-order chi connectivity index (χ1) is 8.18. The van der Waals surface area contributed by atoms with Crippen LogP contribution in [0.5, 0.6) is 0 Å². The maximum atomic E-state index is 12.0. The van der Waals surface area contributed by atoms with Crippen LogP contribution in [0.3, 0.4) is 0 Å². The van der Waals surface area contributed by atoms with E-state index in [1.165, 1.54) is 11.8 Å². The van der Waals surface area contributed by atoms with E-state index in [2.05, 4.69) is 10.3 Å². The lowest BCUT2D eigenvalue weighted by atomic mass is 9.82. The Morgan fingerprint density at radius 2 is 2.06 bits per heavy atom. The predicted octanol–water partition coefficient (Wildman–Crippen LogP) is 0.872. The van der Waals surface area contributed by atoms with E-state index < -0.39 is 17.8 Å². The highest BCUT2D eigenvalue weighted by Crippen LogP contribution is 2.26. The van der Waals surface area contributed by atoms with Gasteiger partial charge in [0.2, 0.25) is 5.91 Å². The Morgan fingerprint density at radius 1 is 1.35 bits per heavy atom. The Morgan fingerprint density at radius 3 is 2.65 bits per heavy atom. The van der Waals surface area contributed by atoms with Crippen molar-refractivity contribution in [2.24, 2.45) is 16.8 Å². The first-order valence-corrected chi connectivity index (χ1v) is 6.53. The van der Waals surface area contributed by atoms with Gasteiger partial charge < -0.3 is 10.4 Å². The van der Waals surface area contributed by atoms with Crippen molar-refractivity contribution >= 4 is 28.8 Å². The summed E-state index contributed by atoms with van der Waals surface area (Å²) >= 11 is 1.50. The molecule has 2 atom stereocenters. The molecule has 0 spiro atoms. The smallest absolute Gasteiger partial charge is 0.307 e. The monoisotopic (exact) mass is 254 g/mol. The van der Waals surface area contributed by atoms with E-state index in [-0.39, 0.29) is 5.91 Å². The number of aliphatic imine (C=N–C) groups is 1. The number of aliphatic carboxylic acids is 1. The molecular formula is C11H14N2O3S. The second kappa shape index (κ2) is 5.35. The molecule has 0 unspecified atom stereocenters. The molecule has 0 saturated carbocycles. The number of carbonyl (C=O) groups excluding carboxylic acids is 1. The molecule has 1 amide bonds. The van der Waals surface area contributed by atoms with Crippen LogP contribution in [0.15, 0.2) is 17.1 Å². The number of thioether (sulfide) groups is 1. The molecule has 0 bridgehead atoms. The standard InChI is InChI=1S/C11H14N2O3S/c14-9(13-11-12-5-6-17-11)7-3-1-2-4-8(7)10(15)16/h1-2,7-8H,3-6H2,(H,15,16)(H,12,13,14)/t7-,8+/m0/s1. The molecule has 17 heavy (non-hydrogen) atoms. The molecule has 0 aromatic rings. The Balaban J connectivity index is 2.01. The van der Waals surface area contributed by atoms with Gasteiger partial charge in [-0.15, -0.1) is 0 Å². The van der Waals surface area contributed by atoms with Crippen molar-refractivity contribution in [3.05, 3.63) is 12.2 Å². The van der Waals surface area contributed by atoms with E-state index in [1.54, 1.807) is 0 Å². The fraction of sp³-hybridized carbons (Fsp3) is 0.545. The van der Waals surface area contributed by atoms with E-state index >= 15 is 0 Å². The second-order valence-corrected chi connectivity index (χ2v) is 5.10. The fourth-order valence-electron chi connectivity index (χ4n) is 1.99. The Bertz CT molecular complexity index is 392. The van der Waals surface area contributed by atoms with Crippen molar-refractivity contribution in [2.45, 2.75) is 12.8 Å². The number of nitrogens with one attached hydrogen (secondary N) is 1. The molecule has 1 aliphatic carbocycles. The molecule has 5 nitrogen and oxygen atoms in total. The number of nitrogens with zero attached hydrogens (tertiary/aromatic N) is 1. The van der Waals surface area contributed by atoms with Crippen LogP contribution in [-0.4, -0.2) is 34.4 Å². The number of amides is 1. The van der Waals surface area contributed by atoms with Crippen LogP contribution in [0.25, 0.3) is 0 Å². The van der Waals surface area contributed by atoms with Gasteiger partial charge in [0.15, 0.2) is 5.17 Å². The van der Waals surface area contributed by atoms with Crippen LogP contribution in [0.1, 0.15) is 12.8 Å². The largest absolute Gasteiger partial charge is 0.481 e. The number of hydrogen-bond acceptors (Lipinski definition) is 4. The third-order valence-corrected chi connectivity index (χ3v) is 3.79. The molecule has 92 valence electrons. The van der Waals surface area contributed by atoms with Gasteiger partial charge >= 0.3 is 5.97 Å². The number of carbonyl (C=O) groups is 2. The molecule has 0 aromatic heterocycles. The fourth-order valence-corrected chi connectivity index (χ4v) is 2.72.